The highest BCUT2D eigenvalue weighted by atomic mass is 35.5. The summed E-state index contributed by atoms with van der Waals surface area (Å²) >= 11 is 6.67. The van der Waals surface area contributed by atoms with Gasteiger partial charge >= 0.3 is 0 Å². The number of hydrogen-bond acceptors (Lipinski definition) is 12. The Hall–Kier alpha value is -6.39. The molecule has 0 saturated heterocycles. The molecule has 1 aliphatic heterocycles. The van der Waals surface area contributed by atoms with Crippen LogP contribution in [0.15, 0.2) is 122 Å². The Morgan fingerprint density at radius 3 is 2.24 bits per heavy atom. The summed E-state index contributed by atoms with van der Waals surface area (Å²) in [5, 5.41) is 5.87. The molecule has 0 radical (unpaired) electrons. The van der Waals surface area contributed by atoms with Crippen LogP contribution in [0.4, 0.5) is 34.3 Å². The molecule has 5 aromatic rings. The predicted molar refractivity (Wildman–Crippen MR) is 263 cm³/mol. The van der Waals surface area contributed by atoms with Crippen molar-refractivity contribution in [3.05, 3.63) is 108 Å². The van der Waals surface area contributed by atoms with Crippen molar-refractivity contribution >= 4 is 85.6 Å². The maximum absolute atomic E-state index is 14.8. The Bertz CT molecular complexity index is 2590. The minimum atomic E-state index is -4.45. The number of aliphatic imine (C=N–C) groups is 3. The lowest BCUT2D eigenvalue weighted by molar-refractivity contribution is -0.116. The highest BCUT2D eigenvalue weighted by molar-refractivity contribution is 7.90. The maximum Gasteiger partial charge on any atom is 0.278 e. The quantitative estimate of drug-likeness (QED) is 0.0326. The number of fused-ring (bicyclic) bond motifs is 1. The molecule has 3 heterocycles. The Morgan fingerprint density at radius 2 is 1.56 bits per heavy atom. The molecule has 6 rings (SSSR count). The standard InChI is InChI=1S/C49H58ClN9O6S/c1-4-5-6-7-8-9-10-11-12-13-14-15-19-24-45(60)54-36-25-27-40(50)42(30-36)56-49(61)46(48-57-47-44(32-51-34-52-47)66(62,63)59(48)33-39-23-20-29-64-39)55-41-28-26-37(58(2)3)31-43(41)53-35-65-38-21-17-16-18-22-38/h16-18,20-23,25-32,34-35H,4-15,19,24,33H2,1-3H3,(H,54,60)(H,56,61). The van der Waals surface area contributed by atoms with Gasteiger partial charge in [-0.3, -0.25) is 9.59 Å². The number of sulfonamides is 1. The third-order valence-corrected chi connectivity index (χ3v) is 12.9. The molecule has 0 saturated carbocycles. The van der Waals surface area contributed by atoms with Crippen molar-refractivity contribution in [2.24, 2.45) is 15.0 Å². The Kier molecular flexibility index (Phi) is 18.4. The zero-order chi connectivity index (χ0) is 46.7. The van der Waals surface area contributed by atoms with Gasteiger partial charge < -0.3 is 24.7 Å². The summed E-state index contributed by atoms with van der Waals surface area (Å²) in [6, 6.07) is 22.1. The van der Waals surface area contributed by atoms with Crippen LogP contribution in [-0.2, 0) is 26.2 Å². The zero-order valence-electron chi connectivity index (χ0n) is 37.8. The van der Waals surface area contributed by atoms with Gasteiger partial charge in [0, 0.05) is 31.9 Å². The van der Waals surface area contributed by atoms with Gasteiger partial charge in [0.05, 0.1) is 41.1 Å². The van der Waals surface area contributed by atoms with E-state index in [1.807, 2.05) is 37.2 Å². The second-order valence-electron chi connectivity index (χ2n) is 16.1. The van der Waals surface area contributed by atoms with Gasteiger partial charge in [0.2, 0.25) is 5.91 Å². The molecular weight excluding hydrogens is 878 g/mol. The zero-order valence-corrected chi connectivity index (χ0v) is 39.4. The number of ether oxygens (including phenoxy) is 1. The second kappa shape index (κ2) is 24.8. The van der Waals surface area contributed by atoms with Crippen LogP contribution in [0.1, 0.15) is 103 Å². The number of carbonyl (C=O) groups is 2. The number of aromatic nitrogens is 2. The monoisotopic (exact) mass is 935 g/mol. The van der Waals surface area contributed by atoms with E-state index in [1.165, 1.54) is 82.9 Å². The first-order valence-corrected chi connectivity index (χ1v) is 24.3. The molecule has 2 aromatic heterocycles. The van der Waals surface area contributed by atoms with E-state index in [4.69, 9.17) is 25.7 Å². The molecule has 348 valence electrons. The first kappa shape index (κ1) is 49.1. The average molecular weight is 937 g/mol. The van der Waals surface area contributed by atoms with E-state index in [0.29, 0.717) is 17.9 Å². The van der Waals surface area contributed by atoms with E-state index in [1.54, 1.807) is 54.6 Å². The molecule has 0 spiro atoms. The number of hydrogen-bond donors (Lipinski definition) is 2. The smallest absolute Gasteiger partial charge is 0.278 e. The number of furan rings is 1. The van der Waals surface area contributed by atoms with Crippen LogP contribution in [-0.4, -0.2) is 66.5 Å². The van der Waals surface area contributed by atoms with Crippen molar-refractivity contribution in [3.63, 3.8) is 0 Å². The third-order valence-electron chi connectivity index (χ3n) is 10.8. The number of rotatable bonds is 25. The van der Waals surface area contributed by atoms with Gasteiger partial charge in [-0.2, -0.15) is 0 Å². The number of amides is 2. The number of benzene rings is 3. The summed E-state index contributed by atoms with van der Waals surface area (Å²) in [5.41, 5.74) is 1.32. The number of halogens is 1. The highest BCUT2D eigenvalue weighted by Gasteiger charge is 2.40. The van der Waals surface area contributed by atoms with Crippen LogP contribution >= 0.6 is 11.6 Å². The number of nitrogens with one attached hydrogen (secondary N) is 2. The van der Waals surface area contributed by atoms with Crippen molar-refractivity contribution in [3.8, 4) is 5.75 Å². The average Bonchev–Trinajstić information content (AvgIpc) is 3.83. The molecule has 17 heteroatoms. The Morgan fingerprint density at radius 1 is 0.848 bits per heavy atom. The van der Waals surface area contributed by atoms with Gasteiger partial charge in [-0.15, -0.1) is 0 Å². The fraction of sp³-hybridized carbons (Fsp3) is 0.367. The fourth-order valence-electron chi connectivity index (χ4n) is 7.20. The van der Waals surface area contributed by atoms with Gasteiger partial charge in [0.15, 0.2) is 28.7 Å². The first-order valence-electron chi connectivity index (χ1n) is 22.5. The van der Waals surface area contributed by atoms with Gasteiger partial charge in [0.1, 0.15) is 17.8 Å². The summed E-state index contributed by atoms with van der Waals surface area (Å²) in [5.74, 6) is -0.798. The maximum atomic E-state index is 14.8. The summed E-state index contributed by atoms with van der Waals surface area (Å²) in [6.45, 7) is 1.89. The van der Waals surface area contributed by atoms with E-state index in [9.17, 15) is 18.0 Å². The molecule has 0 atom stereocenters. The molecule has 15 nitrogen and oxygen atoms in total. The molecule has 0 bridgehead atoms. The van der Waals surface area contributed by atoms with E-state index in [-0.39, 0.29) is 56.8 Å². The fourth-order valence-corrected chi connectivity index (χ4v) is 8.78. The van der Waals surface area contributed by atoms with Crippen molar-refractivity contribution in [2.45, 2.75) is 108 Å². The van der Waals surface area contributed by atoms with Gasteiger partial charge in [-0.1, -0.05) is 114 Å². The van der Waals surface area contributed by atoms with Crippen LogP contribution in [0.5, 0.6) is 5.75 Å². The molecule has 2 N–H and O–H groups in total. The highest BCUT2D eigenvalue weighted by Crippen LogP contribution is 2.36. The number of para-hydroxylation sites is 1. The number of amidine groups is 1. The van der Waals surface area contributed by atoms with Crippen molar-refractivity contribution in [2.75, 3.05) is 29.6 Å². The van der Waals surface area contributed by atoms with E-state index < -0.39 is 21.6 Å². The van der Waals surface area contributed by atoms with Crippen LogP contribution in [0, 0.1) is 0 Å². The summed E-state index contributed by atoms with van der Waals surface area (Å²) in [4.78, 5) is 51.5. The van der Waals surface area contributed by atoms with E-state index in [0.717, 1.165) is 41.8 Å². The number of carbonyl (C=O) groups excluding carboxylic acids is 2. The predicted octanol–water partition coefficient (Wildman–Crippen LogP) is 11.6. The van der Waals surface area contributed by atoms with Crippen LogP contribution in [0.25, 0.3) is 0 Å². The lowest BCUT2D eigenvalue weighted by atomic mass is 10.0. The summed E-state index contributed by atoms with van der Waals surface area (Å²) in [7, 11) is -0.728. The molecule has 3 aromatic carbocycles. The minimum Gasteiger partial charge on any atom is -0.467 e. The number of nitrogens with zero attached hydrogens (tertiary/aromatic N) is 7. The van der Waals surface area contributed by atoms with Gasteiger partial charge in [-0.05, 0) is 67.1 Å². The largest absolute Gasteiger partial charge is 0.467 e. The molecule has 0 unspecified atom stereocenters. The van der Waals surface area contributed by atoms with Crippen molar-refractivity contribution in [1.29, 1.82) is 0 Å². The van der Waals surface area contributed by atoms with Crippen LogP contribution in [0.3, 0.4) is 0 Å². The van der Waals surface area contributed by atoms with Gasteiger partial charge in [0.25, 0.3) is 15.9 Å². The third kappa shape index (κ3) is 14.1. The Balaban J connectivity index is 1.24. The summed E-state index contributed by atoms with van der Waals surface area (Å²) in [6.07, 6.45) is 21.0. The second-order valence-corrected chi connectivity index (χ2v) is 18.4. The SMILES string of the molecule is CCCCCCCCCCCCCCCC(=O)Nc1ccc(Cl)c(NC(=O)C(=Nc2ccc(N(C)C)cc2N=COc2ccccc2)C2=Nc3ncncc3S(=O)(=O)N2Cc2ccco2)c1. The van der Waals surface area contributed by atoms with Crippen molar-refractivity contribution in [1.82, 2.24) is 14.3 Å². The van der Waals surface area contributed by atoms with Crippen LogP contribution in [0.2, 0.25) is 5.02 Å². The molecular formula is C49H58ClN9O6S. The molecule has 66 heavy (non-hydrogen) atoms. The topological polar surface area (TPSA) is 184 Å². The van der Waals surface area contributed by atoms with Crippen molar-refractivity contribution < 1.29 is 27.2 Å². The normalized spacial score (nSPS) is 13.3. The molecule has 0 fully saturated rings. The lowest BCUT2D eigenvalue weighted by Crippen LogP contribution is -2.46. The van der Waals surface area contributed by atoms with E-state index >= 15 is 0 Å². The lowest BCUT2D eigenvalue weighted by Gasteiger charge is -2.28. The number of unbranched alkanes of at least 4 members (excludes halogenated alkanes) is 12. The Labute approximate surface area is 392 Å². The summed E-state index contributed by atoms with van der Waals surface area (Å²) < 4.78 is 41.0. The molecule has 0 aliphatic carbocycles. The van der Waals surface area contributed by atoms with Gasteiger partial charge in [-0.25, -0.2) is 37.7 Å². The number of anilines is 3. The van der Waals surface area contributed by atoms with Crippen LogP contribution < -0.4 is 20.3 Å². The molecule has 2 amide bonds. The first-order chi connectivity index (χ1) is 32.0. The van der Waals surface area contributed by atoms with E-state index in [2.05, 4.69) is 37.5 Å². The molecule has 1 aliphatic rings. The minimum absolute atomic E-state index is 0.130.